The zero-order valence-corrected chi connectivity index (χ0v) is 12.6. The first-order valence-corrected chi connectivity index (χ1v) is 7.64. The van der Waals surface area contributed by atoms with Crippen molar-refractivity contribution in [3.05, 3.63) is 30.3 Å². The average Bonchev–Trinajstić information content (AvgIpc) is 2.85. The summed E-state index contributed by atoms with van der Waals surface area (Å²) in [5, 5.41) is 0.151. The first kappa shape index (κ1) is 14.9. The number of nitrogens with zero attached hydrogens (tertiary/aromatic N) is 1. The number of carbonyl (C=O) groups is 2. The molecule has 0 radical (unpaired) electrons. The van der Waals surface area contributed by atoms with Crippen LogP contribution in [0.25, 0.3) is 0 Å². The number of rotatable bonds is 5. The molecule has 1 aromatic carbocycles. The fraction of sp³-hybridized carbons (Fsp3) is 0.467. The maximum absolute atomic E-state index is 12.2. The highest BCUT2D eigenvalue weighted by Gasteiger charge is 2.30. The molecule has 0 spiro atoms. The number of hydrogen-bond donors (Lipinski definition) is 0. The Morgan fingerprint density at radius 1 is 1.35 bits per heavy atom. The predicted molar refractivity (Wildman–Crippen MR) is 78.6 cm³/mol. The molecule has 20 heavy (non-hydrogen) atoms. The van der Waals surface area contributed by atoms with E-state index in [0.29, 0.717) is 25.5 Å². The maximum atomic E-state index is 12.2. The molecule has 0 bridgehead atoms. The van der Waals surface area contributed by atoms with Gasteiger partial charge >= 0.3 is 6.09 Å². The third-order valence-electron chi connectivity index (χ3n) is 3.21. The molecular weight excluding hydrogens is 274 g/mol. The number of carbonyl (C=O) groups excluding carboxylic acids is 2. The number of hydrogen-bond acceptors (Lipinski definition) is 4. The van der Waals surface area contributed by atoms with E-state index in [4.69, 9.17) is 4.74 Å². The minimum absolute atomic E-state index is 0.144. The fourth-order valence-electron chi connectivity index (χ4n) is 1.99. The molecule has 1 aliphatic heterocycles. The van der Waals surface area contributed by atoms with Crippen molar-refractivity contribution in [2.24, 2.45) is 5.92 Å². The van der Waals surface area contributed by atoms with Gasteiger partial charge in [0, 0.05) is 16.6 Å². The van der Waals surface area contributed by atoms with Gasteiger partial charge in [-0.3, -0.25) is 4.79 Å². The summed E-state index contributed by atoms with van der Waals surface area (Å²) in [6.45, 7) is 4.87. The van der Waals surface area contributed by atoms with Crippen molar-refractivity contribution in [1.29, 1.82) is 0 Å². The summed E-state index contributed by atoms with van der Waals surface area (Å²) in [7, 11) is 0. The number of amides is 2. The second-order valence-corrected chi connectivity index (χ2v) is 6.39. The second-order valence-electron chi connectivity index (χ2n) is 5.08. The van der Waals surface area contributed by atoms with Gasteiger partial charge in [-0.05, 0) is 18.1 Å². The predicted octanol–water partition coefficient (Wildman–Crippen LogP) is 3.17. The summed E-state index contributed by atoms with van der Waals surface area (Å²) < 4.78 is 4.81. The van der Waals surface area contributed by atoms with Crippen LogP contribution in [0.1, 0.15) is 20.3 Å². The first-order valence-electron chi connectivity index (χ1n) is 6.76. The molecule has 2 amide bonds. The van der Waals surface area contributed by atoms with E-state index in [1.54, 1.807) is 11.8 Å². The van der Waals surface area contributed by atoms with Crippen LogP contribution in [0.5, 0.6) is 0 Å². The number of benzene rings is 1. The van der Waals surface area contributed by atoms with Crippen LogP contribution in [-0.4, -0.2) is 35.3 Å². The molecule has 0 aromatic heterocycles. The number of cyclic esters (lactones) is 1. The molecule has 2 rings (SSSR count). The smallest absolute Gasteiger partial charge is 0.416 e. The maximum Gasteiger partial charge on any atom is 0.416 e. The largest absolute Gasteiger partial charge is 0.447 e. The van der Waals surface area contributed by atoms with Crippen LogP contribution in [-0.2, 0) is 9.53 Å². The molecular formula is C15H19NO3S. The monoisotopic (exact) mass is 293 g/mol. The third kappa shape index (κ3) is 3.76. The van der Waals surface area contributed by atoms with Crippen LogP contribution in [0.2, 0.25) is 0 Å². The molecule has 1 atom stereocenters. The summed E-state index contributed by atoms with van der Waals surface area (Å²) in [5.41, 5.74) is 0. The summed E-state index contributed by atoms with van der Waals surface area (Å²) in [6.07, 6.45) is -0.158. The SMILES string of the molecule is CC(C)C(CC(=O)N1CCOC1=O)Sc1ccccc1. The quantitative estimate of drug-likeness (QED) is 0.782. The summed E-state index contributed by atoms with van der Waals surface area (Å²) >= 11 is 1.69. The molecule has 1 heterocycles. The third-order valence-corrected chi connectivity index (χ3v) is 4.77. The van der Waals surface area contributed by atoms with Crippen LogP contribution in [0, 0.1) is 5.92 Å². The Kier molecular flexibility index (Phi) is 5.06. The Hall–Kier alpha value is -1.49. The lowest BCUT2D eigenvalue weighted by Gasteiger charge is -2.21. The van der Waals surface area contributed by atoms with E-state index in [9.17, 15) is 9.59 Å². The lowest BCUT2D eigenvalue weighted by Crippen LogP contribution is -2.34. The van der Waals surface area contributed by atoms with Crippen LogP contribution in [0.3, 0.4) is 0 Å². The molecule has 0 saturated carbocycles. The van der Waals surface area contributed by atoms with Gasteiger partial charge in [0.05, 0.1) is 6.54 Å². The van der Waals surface area contributed by atoms with E-state index < -0.39 is 6.09 Å². The van der Waals surface area contributed by atoms with Gasteiger partial charge in [0.1, 0.15) is 6.61 Å². The Labute approximate surface area is 123 Å². The van der Waals surface area contributed by atoms with E-state index in [-0.39, 0.29) is 11.2 Å². The topological polar surface area (TPSA) is 46.6 Å². The van der Waals surface area contributed by atoms with Crippen molar-refractivity contribution in [1.82, 2.24) is 4.90 Å². The summed E-state index contributed by atoms with van der Waals surface area (Å²) in [5.74, 6) is 0.206. The van der Waals surface area contributed by atoms with E-state index in [0.717, 1.165) is 4.90 Å². The lowest BCUT2D eigenvalue weighted by atomic mass is 10.1. The van der Waals surface area contributed by atoms with Gasteiger partial charge in [0.25, 0.3) is 0 Å². The van der Waals surface area contributed by atoms with Crippen molar-refractivity contribution in [3.63, 3.8) is 0 Å². The molecule has 1 saturated heterocycles. The molecule has 1 aromatic rings. The first-order chi connectivity index (χ1) is 9.58. The van der Waals surface area contributed by atoms with Gasteiger partial charge in [0.2, 0.25) is 5.91 Å². The zero-order valence-electron chi connectivity index (χ0n) is 11.7. The molecule has 1 fully saturated rings. The van der Waals surface area contributed by atoms with Gasteiger partial charge < -0.3 is 4.74 Å². The molecule has 5 heteroatoms. The van der Waals surface area contributed by atoms with E-state index >= 15 is 0 Å². The summed E-state index contributed by atoms with van der Waals surface area (Å²) in [6, 6.07) is 10.0. The fourth-order valence-corrected chi connectivity index (χ4v) is 3.15. The molecule has 0 aliphatic carbocycles. The van der Waals surface area contributed by atoms with Crippen molar-refractivity contribution < 1.29 is 14.3 Å². The minimum Gasteiger partial charge on any atom is -0.447 e. The van der Waals surface area contributed by atoms with Crippen LogP contribution in [0.4, 0.5) is 4.79 Å². The van der Waals surface area contributed by atoms with Crippen molar-refractivity contribution in [3.8, 4) is 0 Å². The normalized spacial score (nSPS) is 16.4. The Bertz CT molecular complexity index is 475. The van der Waals surface area contributed by atoms with Crippen LogP contribution >= 0.6 is 11.8 Å². The molecule has 4 nitrogen and oxygen atoms in total. The van der Waals surface area contributed by atoms with Gasteiger partial charge in [-0.25, -0.2) is 9.69 Å². The van der Waals surface area contributed by atoms with E-state index in [1.165, 1.54) is 4.90 Å². The van der Waals surface area contributed by atoms with Crippen molar-refractivity contribution in [2.45, 2.75) is 30.4 Å². The van der Waals surface area contributed by atoms with Gasteiger partial charge in [-0.2, -0.15) is 0 Å². The minimum atomic E-state index is -0.512. The van der Waals surface area contributed by atoms with E-state index in [1.807, 2.05) is 30.3 Å². The molecule has 1 aliphatic rings. The van der Waals surface area contributed by atoms with Gasteiger partial charge in [-0.1, -0.05) is 32.0 Å². The van der Waals surface area contributed by atoms with E-state index in [2.05, 4.69) is 13.8 Å². The number of thioether (sulfide) groups is 1. The summed E-state index contributed by atoms with van der Waals surface area (Å²) in [4.78, 5) is 25.9. The van der Waals surface area contributed by atoms with Crippen molar-refractivity contribution in [2.75, 3.05) is 13.2 Å². The number of imide groups is 1. The average molecular weight is 293 g/mol. The lowest BCUT2D eigenvalue weighted by molar-refractivity contribution is -0.127. The molecule has 108 valence electrons. The highest BCUT2D eigenvalue weighted by Crippen LogP contribution is 2.30. The highest BCUT2D eigenvalue weighted by atomic mass is 32.2. The number of ether oxygens (including phenoxy) is 1. The van der Waals surface area contributed by atoms with Gasteiger partial charge in [-0.15, -0.1) is 11.8 Å². The Morgan fingerprint density at radius 3 is 2.60 bits per heavy atom. The second kappa shape index (κ2) is 6.79. The Balaban J connectivity index is 1.99. The standard InChI is InChI=1S/C15H19NO3S/c1-11(2)13(20-12-6-4-3-5-7-12)10-14(17)16-8-9-19-15(16)18/h3-7,11,13H,8-10H2,1-2H3. The zero-order chi connectivity index (χ0) is 14.5. The van der Waals surface area contributed by atoms with Crippen molar-refractivity contribution >= 4 is 23.8 Å². The van der Waals surface area contributed by atoms with Gasteiger partial charge in [0.15, 0.2) is 0 Å². The Morgan fingerprint density at radius 2 is 2.05 bits per heavy atom. The molecule has 1 unspecified atom stereocenters. The van der Waals surface area contributed by atoms with Crippen LogP contribution < -0.4 is 0 Å². The highest BCUT2D eigenvalue weighted by molar-refractivity contribution is 8.00. The van der Waals surface area contributed by atoms with Crippen LogP contribution in [0.15, 0.2) is 35.2 Å². The molecule has 0 N–H and O–H groups in total.